The van der Waals surface area contributed by atoms with E-state index in [1.165, 1.54) is 18.2 Å². The second-order valence-corrected chi connectivity index (χ2v) is 3.02. The van der Waals surface area contributed by atoms with Gasteiger partial charge in [-0.2, -0.15) is 0 Å². The van der Waals surface area contributed by atoms with Crippen molar-refractivity contribution in [2.24, 2.45) is 0 Å². The fourth-order valence-corrected chi connectivity index (χ4v) is 1.33. The number of aliphatic hydroxyl groups excluding tert-OH is 1. The van der Waals surface area contributed by atoms with Crippen molar-refractivity contribution >= 4 is 0 Å². The third-order valence-electron chi connectivity index (χ3n) is 2.03. The molecule has 2 aromatic rings. The van der Waals surface area contributed by atoms with Crippen molar-refractivity contribution in [3.05, 3.63) is 47.7 Å². The highest BCUT2D eigenvalue weighted by Crippen LogP contribution is 2.27. The summed E-state index contributed by atoms with van der Waals surface area (Å²) < 4.78 is 31.6. The molecule has 0 atom stereocenters. The van der Waals surface area contributed by atoms with Gasteiger partial charge in [-0.3, -0.25) is 0 Å². The van der Waals surface area contributed by atoms with Gasteiger partial charge in [0.15, 0.2) is 0 Å². The van der Waals surface area contributed by atoms with Crippen molar-refractivity contribution < 1.29 is 18.3 Å². The molecule has 0 fully saturated rings. The molecule has 4 heteroatoms. The molecular weight excluding hydrogens is 202 g/mol. The lowest BCUT2D eigenvalue weighted by atomic mass is 10.1. The molecule has 15 heavy (non-hydrogen) atoms. The van der Waals surface area contributed by atoms with Gasteiger partial charge < -0.3 is 9.52 Å². The Morgan fingerprint density at radius 2 is 1.73 bits per heavy atom. The van der Waals surface area contributed by atoms with Gasteiger partial charge >= 0.3 is 0 Å². The predicted molar refractivity (Wildman–Crippen MR) is 50.0 cm³/mol. The number of hydrogen-bond acceptors (Lipinski definition) is 2. The first-order valence-electron chi connectivity index (χ1n) is 4.36. The standard InChI is InChI=1S/C11H8F2O2/c12-8-2-1-3-9(13)11(8)10-5-4-7(6-14)15-10/h1-5,14H,6H2. The Morgan fingerprint density at radius 3 is 2.27 bits per heavy atom. The molecule has 1 aromatic carbocycles. The van der Waals surface area contributed by atoms with E-state index in [2.05, 4.69) is 0 Å². The second kappa shape index (κ2) is 3.82. The number of hydrogen-bond donors (Lipinski definition) is 1. The van der Waals surface area contributed by atoms with Gasteiger partial charge in [0.25, 0.3) is 0 Å². The topological polar surface area (TPSA) is 33.4 Å². The lowest BCUT2D eigenvalue weighted by molar-refractivity contribution is 0.248. The van der Waals surface area contributed by atoms with Crippen LogP contribution in [-0.2, 0) is 6.61 Å². The third kappa shape index (κ3) is 1.76. The molecule has 0 radical (unpaired) electrons. The van der Waals surface area contributed by atoms with E-state index in [9.17, 15) is 8.78 Å². The summed E-state index contributed by atoms with van der Waals surface area (Å²) in [5.74, 6) is -1.02. The van der Waals surface area contributed by atoms with E-state index in [4.69, 9.17) is 9.52 Å². The highest BCUT2D eigenvalue weighted by atomic mass is 19.1. The summed E-state index contributed by atoms with van der Waals surface area (Å²) >= 11 is 0. The van der Waals surface area contributed by atoms with Crippen LogP contribution in [-0.4, -0.2) is 5.11 Å². The number of furan rings is 1. The molecular formula is C11H8F2O2. The zero-order valence-electron chi connectivity index (χ0n) is 7.71. The minimum Gasteiger partial charge on any atom is -0.458 e. The third-order valence-corrected chi connectivity index (χ3v) is 2.03. The minimum atomic E-state index is -0.686. The molecule has 0 saturated heterocycles. The maximum absolute atomic E-state index is 13.3. The Bertz CT molecular complexity index is 457. The highest BCUT2D eigenvalue weighted by molar-refractivity contribution is 5.59. The zero-order chi connectivity index (χ0) is 10.8. The van der Waals surface area contributed by atoms with Crippen LogP contribution in [0.25, 0.3) is 11.3 Å². The summed E-state index contributed by atoms with van der Waals surface area (Å²) in [5, 5.41) is 8.76. The predicted octanol–water partition coefficient (Wildman–Crippen LogP) is 2.72. The average Bonchev–Trinajstić information content (AvgIpc) is 2.66. The summed E-state index contributed by atoms with van der Waals surface area (Å²) in [5.41, 5.74) is -0.211. The van der Waals surface area contributed by atoms with Crippen LogP contribution in [0.2, 0.25) is 0 Å². The molecule has 0 saturated carbocycles. The summed E-state index contributed by atoms with van der Waals surface area (Å²) in [6.07, 6.45) is 0. The Labute approximate surface area is 84.8 Å². The van der Waals surface area contributed by atoms with E-state index >= 15 is 0 Å². The summed E-state index contributed by atoms with van der Waals surface area (Å²) in [4.78, 5) is 0. The lowest BCUT2D eigenvalue weighted by Crippen LogP contribution is -1.87. The van der Waals surface area contributed by atoms with E-state index in [0.29, 0.717) is 0 Å². The molecule has 1 aromatic heterocycles. The van der Waals surface area contributed by atoms with Crippen LogP contribution >= 0.6 is 0 Å². The van der Waals surface area contributed by atoms with Gasteiger partial charge in [-0.05, 0) is 24.3 Å². The molecule has 0 unspecified atom stereocenters. The van der Waals surface area contributed by atoms with Crippen LogP contribution < -0.4 is 0 Å². The quantitative estimate of drug-likeness (QED) is 0.826. The normalized spacial score (nSPS) is 10.6. The van der Waals surface area contributed by atoms with Crippen molar-refractivity contribution in [2.75, 3.05) is 0 Å². The van der Waals surface area contributed by atoms with Crippen LogP contribution in [0.1, 0.15) is 5.76 Å². The van der Waals surface area contributed by atoms with Crippen molar-refractivity contribution in [3.8, 4) is 11.3 Å². The fourth-order valence-electron chi connectivity index (χ4n) is 1.33. The van der Waals surface area contributed by atoms with Crippen LogP contribution in [0, 0.1) is 11.6 Å². The van der Waals surface area contributed by atoms with Crippen LogP contribution in [0.5, 0.6) is 0 Å². The van der Waals surface area contributed by atoms with Gasteiger partial charge in [0, 0.05) is 0 Å². The maximum atomic E-state index is 13.3. The van der Waals surface area contributed by atoms with E-state index in [1.807, 2.05) is 0 Å². The molecule has 2 nitrogen and oxygen atoms in total. The smallest absolute Gasteiger partial charge is 0.140 e. The molecule has 1 N–H and O–H groups in total. The van der Waals surface area contributed by atoms with E-state index in [-0.39, 0.29) is 23.7 Å². The lowest BCUT2D eigenvalue weighted by Gasteiger charge is -2.00. The molecule has 0 aliphatic carbocycles. The van der Waals surface area contributed by atoms with E-state index in [0.717, 1.165) is 12.1 Å². The summed E-state index contributed by atoms with van der Waals surface area (Å²) in [6.45, 7) is -0.296. The Kier molecular flexibility index (Phi) is 2.51. The first-order valence-corrected chi connectivity index (χ1v) is 4.36. The van der Waals surface area contributed by atoms with Crippen LogP contribution in [0.3, 0.4) is 0 Å². The van der Waals surface area contributed by atoms with Crippen molar-refractivity contribution in [2.45, 2.75) is 6.61 Å². The van der Waals surface area contributed by atoms with Gasteiger partial charge in [0.1, 0.15) is 29.8 Å². The molecule has 0 spiro atoms. The van der Waals surface area contributed by atoms with Gasteiger partial charge in [0.05, 0.1) is 5.56 Å². The Hall–Kier alpha value is -1.68. The van der Waals surface area contributed by atoms with E-state index < -0.39 is 11.6 Å². The van der Waals surface area contributed by atoms with Gasteiger partial charge in [-0.15, -0.1) is 0 Å². The summed E-state index contributed by atoms with van der Waals surface area (Å²) in [6, 6.07) is 6.48. The number of rotatable bonds is 2. The molecule has 0 bridgehead atoms. The number of halogens is 2. The average molecular weight is 210 g/mol. The first-order chi connectivity index (χ1) is 7.22. The minimum absolute atomic E-state index is 0.0784. The number of benzene rings is 1. The second-order valence-electron chi connectivity index (χ2n) is 3.02. The van der Waals surface area contributed by atoms with Gasteiger partial charge in [-0.1, -0.05) is 6.07 Å². The largest absolute Gasteiger partial charge is 0.458 e. The van der Waals surface area contributed by atoms with Crippen molar-refractivity contribution in [3.63, 3.8) is 0 Å². The Balaban J connectivity index is 2.53. The monoisotopic (exact) mass is 210 g/mol. The van der Waals surface area contributed by atoms with Crippen LogP contribution in [0.15, 0.2) is 34.7 Å². The van der Waals surface area contributed by atoms with Crippen molar-refractivity contribution in [1.29, 1.82) is 0 Å². The molecule has 0 aliphatic rings. The van der Waals surface area contributed by atoms with Gasteiger partial charge in [0.2, 0.25) is 0 Å². The first kappa shape index (κ1) is 9.86. The molecule has 0 amide bonds. The highest BCUT2D eigenvalue weighted by Gasteiger charge is 2.14. The maximum Gasteiger partial charge on any atom is 0.140 e. The summed E-state index contributed by atoms with van der Waals surface area (Å²) in [7, 11) is 0. The number of aliphatic hydroxyl groups is 1. The molecule has 0 aliphatic heterocycles. The molecule has 78 valence electrons. The Morgan fingerprint density at radius 1 is 1.07 bits per heavy atom. The zero-order valence-corrected chi connectivity index (χ0v) is 7.71. The van der Waals surface area contributed by atoms with Gasteiger partial charge in [-0.25, -0.2) is 8.78 Å². The van der Waals surface area contributed by atoms with Crippen LogP contribution in [0.4, 0.5) is 8.78 Å². The van der Waals surface area contributed by atoms with E-state index in [1.54, 1.807) is 0 Å². The molecule has 1 heterocycles. The fraction of sp³-hybridized carbons (Fsp3) is 0.0909. The SMILES string of the molecule is OCc1ccc(-c2c(F)cccc2F)o1. The molecule has 2 rings (SSSR count). The van der Waals surface area contributed by atoms with Crippen molar-refractivity contribution in [1.82, 2.24) is 0 Å².